The van der Waals surface area contributed by atoms with Gasteiger partial charge >= 0.3 is 0 Å². The van der Waals surface area contributed by atoms with Crippen LogP contribution in [0.1, 0.15) is 31.7 Å². The topological polar surface area (TPSA) is 32.3 Å². The zero-order valence-corrected chi connectivity index (χ0v) is 10.3. The molecule has 1 unspecified atom stereocenters. The minimum atomic E-state index is 0.253. The molecule has 0 aromatic heterocycles. The molecule has 2 N–H and O–H groups in total. The van der Waals surface area contributed by atoms with Crippen molar-refractivity contribution in [3.8, 4) is 0 Å². The monoisotopic (exact) mass is 221 g/mol. The summed E-state index contributed by atoms with van der Waals surface area (Å²) in [5.74, 6) is 1.09. The van der Waals surface area contributed by atoms with Gasteiger partial charge in [-0.25, -0.2) is 0 Å². The summed E-state index contributed by atoms with van der Waals surface area (Å²) in [6.07, 6.45) is 0.828. The van der Waals surface area contributed by atoms with E-state index in [1.807, 2.05) is 6.07 Å². The molecule has 0 aliphatic heterocycles. The first-order valence-electron chi connectivity index (χ1n) is 6.10. The van der Waals surface area contributed by atoms with Gasteiger partial charge in [-0.15, -0.1) is 0 Å². The predicted octanol–water partition coefficient (Wildman–Crippen LogP) is 2.40. The van der Waals surface area contributed by atoms with E-state index >= 15 is 0 Å². The number of aliphatic hydroxyl groups is 1. The van der Waals surface area contributed by atoms with Crippen molar-refractivity contribution in [3.05, 3.63) is 35.9 Å². The summed E-state index contributed by atoms with van der Waals surface area (Å²) in [4.78, 5) is 0. The molecule has 1 aromatic rings. The Kier molecular flexibility index (Phi) is 6.12. The van der Waals surface area contributed by atoms with Crippen LogP contribution in [0.4, 0.5) is 0 Å². The molecule has 0 aliphatic carbocycles. The van der Waals surface area contributed by atoms with Crippen LogP contribution >= 0.6 is 0 Å². The van der Waals surface area contributed by atoms with Gasteiger partial charge in [-0.3, -0.25) is 0 Å². The third-order valence-electron chi connectivity index (χ3n) is 2.69. The number of nitrogens with one attached hydrogen (secondary N) is 1. The number of rotatable bonds is 7. The zero-order valence-electron chi connectivity index (χ0n) is 10.3. The smallest absolute Gasteiger partial charge is 0.0437 e. The maximum Gasteiger partial charge on any atom is 0.0437 e. The molecule has 90 valence electrons. The van der Waals surface area contributed by atoms with Gasteiger partial charge in [0.25, 0.3) is 0 Å². The molecule has 0 aliphatic rings. The fourth-order valence-corrected chi connectivity index (χ4v) is 1.81. The Morgan fingerprint density at radius 2 is 1.81 bits per heavy atom. The molecule has 1 aromatic carbocycles. The lowest BCUT2D eigenvalue weighted by molar-refractivity contribution is 0.273. The van der Waals surface area contributed by atoms with E-state index in [2.05, 4.69) is 43.4 Å². The van der Waals surface area contributed by atoms with E-state index in [1.165, 1.54) is 5.56 Å². The van der Waals surface area contributed by atoms with E-state index in [9.17, 15) is 0 Å². The van der Waals surface area contributed by atoms with Gasteiger partial charge in [-0.1, -0.05) is 44.2 Å². The fraction of sp³-hybridized carbons (Fsp3) is 0.571. The van der Waals surface area contributed by atoms with Crippen LogP contribution in [0.3, 0.4) is 0 Å². The van der Waals surface area contributed by atoms with Crippen LogP contribution in [0.2, 0.25) is 0 Å². The second-order valence-corrected chi connectivity index (χ2v) is 4.67. The van der Waals surface area contributed by atoms with E-state index < -0.39 is 0 Å². The summed E-state index contributed by atoms with van der Waals surface area (Å²) in [6, 6.07) is 10.4. The van der Waals surface area contributed by atoms with Gasteiger partial charge in [0.2, 0.25) is 0 Å². The lowest BCUT2D eigenvalue weighted by Gasteiger charge is -2.18. The van der Waals surface area contributed by atoms with E-state index in [-0.39, 0.29) is 6.61 Å². The third kappa shape index (κ3) is 4.77. The third-order valence-corrected chi connectivity index (χ3v) is 2.69. The van der Waals surface area contributed by atoms with Crippen LogP contribution < -0.4 is 5.32 Å². The van der Waals surface area contributed by atoms with Crippen molar-refractivity contribution >= 4 is 0 Å². The van der Waals surface area contributed by atoms with Crippen LogP contribution in [0, 0.1) is 5.92 Å². The van der Waals surface area contributed by atoms with Gasteiger partial charge in [-0.2, -0.15) is 0 Å². The molecule has 2 heteroatoms. The van der Waals surface area contributed by atoms with Gasteiger partial charge in [0.15, 0.2) is 0 Å². The Bertz CT molecular complexity index is 271. The van der Waals surface area contributed by atoms with Crippen molar-refractivity contribution in [1.82, 2.24) is 5.32 Å². The Morgan fingerprint density at radius 3 is 2.38 bits per heavy atom. The fourth-order valence-electron chi connectivity index (χ4n) is 1.81. The van der Waals surface area contributed by atoms with Crippen molar-refractivity contribution in [1.29, 1.82) is 0 Å². The van der Waals surface area contributed by atoms with Crippen molar-refractivity contribution < 1.29 is 5.11 Å². The molecule has 0 amide bonds. The van der Waals surface area contributed by atoms with Gasteiger partial charge in [-0.05, 0) is 30.4 Å². The molecule has 0 heterocycles. The van der Waals surface area contributed by atoms with Crippen LogP contribution in [0.15, 0.2) is 30.3 Å². The average Bonchev–Trinajstić information content (AvgIpc) is 2.29. The SMILES string of the molecule is CC(C)CNCC(CCO)c1ccccc1. The molecule has 0 fully saturated rings. The molecule has 1 atom stereocenters. The standard InChI is InChI=1S/C14H23NO/c1-12(2)10-15-11-14(8-9-16)13-6-4-3-5-7-13/h3-7,12,14-16H,8-11H2,1-2H3. The first-order valence-corrected chi connectivity index (χ1v) is 6.10. The van der Waals surface area contributed by atoms with Gasteiger partial charge < -0.3 is 10.4 Å². The van der Waals surface area contributed by atoms with Gasteiger partial charge in [0.1, 0.15) is 0 Å². The molecule has 16 heavy (non-hydrogen) atoms. The summed E-state index contributed by atoms with van der Waals surface area (Å²) in [5.41, 5.74) is 1.31. The second kappa shape index (κ2) is 7.42. The van der Waals surface area contributed by atoms with E-state index in [0.29, 0.717) is 11.8 Å². The molecule has 1 rings (SSSR count). The van der Waals surface area contributed by atoms with Crippen LogP contribution in [-0.4, -0.2) is 24.8 Å². The van der Waals surface area contributed by atoms with Crippen LogP contribution in [-0.2, 0) is 0 Å². The molecule has 0 saturated carbocycles. The number of hydrogen-bond donors (Lipinski definition) is 2. The first kappa shape index (κ1) is 13.2. The molecular weight excluding hydrogens is 198 g/mol. The number of benzene rings is 1. The summed E-state index contributed by atoms with van der Waals surface area (Å²) in [6.45, 7) is 6.65. The van der Waals surface area contributed by atoms with E-state index in [1.54, 1.807) is 0 Å². The highest BCUT2D eigenvalue weighted by Crippen LogP contribution is 2.18. The Hall–Kier alpha value is -0.860. The van der Waals surface area contributed by atoms with E-state index in [4.69, 9.17) is 5.11 Å². The minimum Gasteiger partial charge on any atom is -0.396 e. The molecule has 0 spiro atoms. The van der Waals surface area contributed by atoms with Crippen molar-refractivity contribution in [3.63, 3.8) is 0 Å². The Labute approximate surface area is 98.7 Å². The first-order chi connectivity index (χ1) is 7.74. The summed E-state index contributed by atoms with van der Waals surface area (Å²) in [7, 11) is 0. The normalized spacial score (nSPS) is 13.0. The molecule has 0 saturated heterocycles. The maximum absolute atomic E-state index is 9.08. The largest absolute Gasteiger partial charge is 0.396 e. The molecule has 2 nitrogen and oxygen atoms in total. The molecule has 0 radical (unpaired) electrons. The van der Waals surface area contributed by atoms with Crippen LogP contribution in [0.5, 0.6) is 0 Å². The quantitative estimate of drug-likeness (QED) is 0.741. The van der Waals surface area contributed by atoms with Gasteiger partial charge in [0, 0.05) is 13.2 Å². The summed E-state index contributed by atoms with van der Waals surface area (Å²) in [5, 5.41) is 12.5. The second-order valence-electron chi connectivity index (χ2n) is 4.67. The average molecular weight is 221 g/mol. The highest BCUT2D eigenvalue weighted by Gasteiger charge is 2.10. The molecule has 0 bridgehead atoms. The van der Waals surface area contributed by atoms with Crippen LogP contribution in [0.25, 0.3) is 0 Å². The Balaban J connectivity index is 2.48. The summed E-state index contributed by atoms with van der Waals surface area (Å²) >= 11 is 0. The maximum atomic E-state index is 9.08. The lowest BCUT2D eigenvalue weighted by Crippen LogP contribution is -2.26. The van der Waals surface area contributed by atoms with Crippen molar-refractivity contribution in [2.75, 3.05) is 19.7 Å². The zero-order chi connectivity index (χ0) is 11.8. The number of hydrogen-bond acceptors (Lipinski definition) is 2. The van der Waals surface area contributed by atoms with E-state index in [0.717, 1.165) is 19.5 Å². The number of aliphatic hydroxyl groups excluding tert-OH is 1. The predicted molar refractivity (Wildman–Crippen MR) is 68.6 cm³/mol. The van der Waals surface area contributed by atoms with Gasteiger partial charge in [0.05, 0.1) is 0 Å². The lowest BCUT2D eigenvalue weighted by atomic mass is 9.96. The highest BCUT2D eigenvalue weighted by molar-refractivity contribution is 5.19. The van der Waals surface area contributed by atoms with Crippen molar-refractivity contribution in [2.24, 2.45) is 5.92 Å². The highest BCUT2D eigenvalue weighted by atomic mass is 16.3. The summed E-state index contributed by atoms with van der Waals surface area (Å²) < 4.78 is 0. The Morgan fingerprint density at radius 1 is 1.12 bits per heavy atom. The van der Waals surface area contributed by atoms with Crippen molar-refractivity contribution in [2.45, 2.75) is 26.2 Å². The molecular formula is C14H23NO. The minimum absolute atomic E-state index is 0.253.